The zero-order chi connectivity index (χ0) is 22.3. The lowest BCUT2D eigenvalue weighted by molar-refractivity contribution is -0.147. The van der Waals surface area contributed by atoms with E-state index in [9.17, 15) is 26.7 Å². The van der Waals surface area contributed by atoms with Gasteiger partial charge in [0.05, 0.1) is 5.92 Å². The molecule has 29 heavy (non-hydrogen) atoms. The molecule has 2 atom stereocenters. The number of hydrogen-bond acceptors (Lipinski definition) is 2. The number of allylic oxidation sites excluding steroid dienone is 2. The van der Waals surface area contributed by atoms with Crippen molar-refractivity contribution in [2.45, 2.75) is 60.2 Å². The van der Waals surface area contributed by atoms with E-state index in [1.54, 1.807) is 27.7 Å². The molecule has 0 N–H and O–H groups in total. The molecule has 0 unspecified atom stereocenters. The molecule has 0 amide bonds. The number of halogens is 6. The molecule has 1 saturated carbocycles. The molecule has 0 spiro atoms. The highest BCUT2D eigenvalue weighted by Gasteiger charge is 2.62. The summed E-state index contributed by atoms with van der Waals surface area (Å²) in [6, 6.07) is 0. The summed E-state index contributed by atoms with van der Waals surface area (Å²) in [7, 11) is 0. The van der Waals surface area contributed by atoms with E-state index in [4.69, 9.17) is 16.3 Å². The lowest BCUT2D eigenvalue weighted by atomic mass is 9.93. The zero-order valence-corrected chi connectivity index (χ0v) is 17.7. The maximum atomic E-state index is 14.5. The maximum absolute atomic E-state index is 14.5. The average Bonchev–Trinajstić information content (AvgIpc) is 3.17. The van der Waals surface area contributed by atoms with Crippen LogP contribution in [-0.2, 0) is 29.0 Å². The fourth-order valence-corrected chi connectivity index (χ4v) is 3.97. The number of alkyl halides is 3. The van der Waals surface area contributed by atoms with E-state index in [2.05, 4.69) is 0 Å². The molecule has 0 aliphatic heterocycles. The van der Waals surface area contributed by atoms with E-state index < -0.39 is 46.1 Å². The highest BCUT2D eigenvalue weighted by atomic mass is 35.5. The second kappa shape index (κ2) is 8.25. The van der Waals surface area contributed by atoms with Crippen LogP contribution in [0.5, 0.6) is 0 Å². The van der Waals surface area contributed by atoms with Gasteiger partial charge in [-0.05, 0) is 42.2 Å². The minimum Gasteiger partial charge on any atom is -0.461 e. The minimum absolute atomic E-state index is 0.0795. The molecule has 0 bridgehead atoms. The molecular weight excluding hydrogens is 415 g/mol. The summed E-state index contributed by atoms with van der Waals surface area (Å²) in [6.07, 6.45) is -3.28. The van der Waals surface area contributed by atoms with E-state index >= 15 is 0 Å². The Labute approximate surface area is 172 Å². The van der Waals surface area contributed by atoms with Crippen molar-refractivity contribution in [2.75, 3.05) is 0 Å². The highest BCUT2D eigenvalue weighted by Crippen LogP contribution is 2.60. The Morgan fingerprint density at radius 3 is 2.00 bits per heavy atom. The quantitative estimate of drug-likeness (QED) is 0.379. The third-order valence-electron chi connectivity index (χ3n) is 5.74. The van der Waals surface area contributed by atoms with Crippen LogP contribution < -0.4 is 0 Å². The molecule has 1 aliphatic rings. The van der Waals surface area contributed by atoms with Gasteiger partial charge in [0.25, 0.3) is 0 Å². The Balaban J connectivity index is 2.24. The van der Waals surface area contributed by atoms with Gasteiger partial charge < -0.3 is 4.74 Å². The molecule has 0 aromatic heterocycles. The first-order valence-corrected chi connectivity index (χ1v) is 9.76. The first kappa shape index (κ1) is 23.6. The Morgan fingerprint density at radius 1 is 1.10 bits per heavy atom. The molecule has 8 heteroatoms. The molecule has 1 aromatic rings. The molecular formula is C21H24ClF5O2. The number of carbonyl (C=O) groups excluding carboxylic acids is 1. The number of benzene rings is 1. The van der Waals surface area contributed by atoms with E-state index in [0.29, 0.717) is 0 Å². The van der Waals surface area contributed by atoms with Gasteiger partial charge >= 0.3 is 12.1 Å². The topological polar surface area (TPSA) is 26.3 Å². The van der Waals surface area contributed by atoms with Crippen molar-refractivity contribution in [1.82, 2.24) is 0 Å². The third-order valence-corrected chi connectivity index (χ3v) is 6.08. The van der Waals surface area contributed by atoms with Crippen molar-refractivity contribution < 1.29 is 31.5 Å². The van der Waals surface area contributed by atoms with Crippen LogP contribution in [0.15, 0.2) is 11.1 Å². The van der Waals surface area contributed by atoms with Crippen molar-refractivity contribution >= 4 is 17.6 Å². The number of carbonyl (C=O) groups is 1. The van der Waals surface area contributed by atoms with Gasteiger partial charge in [0.2, 0.25) is 0 Å². The number of ether oxygens (including phenoxy) is 1. The molecule has 1 fully saturated rings. The Bertz CT molecular complexity index is 811. The molecule has 2 nitrogen and oxygen atoms in total. The summed E-state index contributed by atoms with van der Waals surface area (Å²) in [5.41, 5.74) is 0.000193. The van der Waals surface area contributed by atoms with Crippen molar-refractivity contribution in [1.29, 1.82) is 0 Å². The van der Waals surface area contributed by atoms with Gasteiger partial charge in [0.15, 0.2) is 0 Å². The fourth-order valence-electron chi connectivity index (χ4n) is 3.83. The van der Waals surface area contributed by atoms with Crippen LogP contribution in [0.3, 0.4) is 0 Å². The van der Waals surface area contributed by atoms with Crippen molar-refractivity contribution in [2.24, 2.45) is 17.3 Å². The number of hydrogen-bond donors (Lipinski definition) is 0. The smallest absolute Gasteiger partial charge is 0.426 e. The standard InChI is InChI=1S/C21H24ClF5O2/c1-6-11-13(12(7-2)18(24)10(3)17(11)23)9-29-19(28)16-14(20(16,4)5)8-15(22)21(25,26)27/h8,14,16H,6-7,9H2,1-5H3/b15-8-/t14-,16-/m1/s1. The van der Waals surface area contributed by atoms with Crippen LogP contribution in [0.25, 0.3) is 0 Å². The van der Waals surface area contributed by atoms with Crippen LogP contribution in [0, 0.1) is 35.8 Å². The average molecular weight is 439 g/mol. The largest absolute Gasteiger partial charge is 0.461 e. The molecule has 0 heterocycles. The Kier molecular flexibility index (Phi) is 6.72. The normalized spacial score (nSPS) is 21.3. The Hall–Kier alpha value is -1.63. The molecule has 2 rings (SSSR count). The van der Waals surface area contributed by atoms with Gasteiger partial charge in [-0.25, -0.2) is 8.78 Å². The van der Waals surface area contributed by atoms with E-state index in [0.717, 1.165) is 6.08 Å². The second-order valence-electron chi connectivity index (χ2n) is 7.84. The van der Waals surface area contributed by atoms with Gasteiger partial charge in [-0.3, -0.25) is 4.79 Å². The minimum atomic E-state index is -4.68. The Morgan fingerprint density at radius 2 is 1.59 bits per heavy atom. The molecule has 162 valence electrons. The maximum Gasteiger partial charge on any atom is 0.426 e. The lowest BCUT2D eigenvalue weighted by Crippen LogP contribution is -2.15. The van der Waals surface area contributed by atoms with Crippen LogP contribution in [0.1, 0.15) is 49.9 Å². The van der Waals surface area contributed by atoms with Crippen LogP contribution in [0.4, 0.5) is 22.0 Å². The van der Waals surface area contributed by atoms with E-state index in [1.165, 1.54) is 6.92 Å². The zero-order valence-electron chi connectivity index (χ0n) is 16.9. The van der Waals surface area contributed by atoms with Gasteiger partial charge in [-0.1, -0.05) is 45.4 Å². The van der Waals surface area contributed by atoms with E-state index in [-0.39, 0.29) is 41.7 Å². The predicted molar refractivity (Wildman–Crippen MR) is 100 cm³/mol. The van der Waals surface area contributed by atoms with Gasteiger partial charge in [-0.15, -0.1) is 0 Å². The summed E-state index contributed by atoms with van der Waals surface area (Å²) >= 11 is 5.29. The third kappa shape index (κ3) is 4.44. The fraction of sp³-hybridized carbons (Fsp3) is 0.571. The first-order valence-electron chi connectivity index (χ1n) is 9.38. The summed E-state index contributed by atoms with van der Waals surface area (Å²) < 4.78 is 72.2. The molecule has 1 aromatic carbocycles. The predicted octanol–water partition coefficient (Wildman–Crippen LogP) is 6.40. The first-order chi connectivity index (χ1) is 13.3. The summed E-state index contributed by atoms with van der Waals surface area (Å²) in [5.74, 6) is -3.59. The number of rotatable bonds is 6. The van der Waals surface area contributed by atoms with Crippen LogP contribution >= 0.6 is 11.6 Å². The van der Waals surface area contributed by atoms with Crippen LogP contribution in [-0.4, -0.2) is 12.1 Å². The molecule has 0 radical (unpaired) electrons. The highest BCUT2D eigenvalue weighted by molar-refractivity contribution is 6.30. The summed E-state index contributed by atoms with van der Waals surface area (Å²) in [6.45, 7) is 7.72. The molecule has 0 saturated heterocycles. The van der Waals surface area contributed by atoms with Crippen molar-refractivity contribution in [3.05, 3.63) is 45.0 Å². The van der Waals surface area contributed by atoms with Gasteiger partial charge in [0, 0.05) is 11.1 Å². The molecule has 1 aliphatic carbocycles. The summed E-state index contributed by atoms with van der Waals surface area (Å²) in [4.78, 5) is 12.5. The lowest BCUT2D eigenvalue weighted by Gasteiger charge is -2.18. The van der Waals surface area contributed by atoms with Gasteiger partial charge in [0.1, 0.15) is 23.3 Å². The summed E-state index contributed by atoms with van der Waals surface area (Å²) in [5, 5.41) is -1.28. The SMILES string of the molecule is CCc1c(F)c(C)c(F)c(CC)c1COC(=O)[C@H]1[C@@H](/C=C(\Cl)C(F)(F)F)C1(C)C. The van der Waals surface area contributed by atoms with Gasteiger partial charge in [-0.2, -0.15) is 13.2 Å². The monoisotopic (exact) mass is 438 g/mol. The van der Waals surface area contributed by atoms with Crippen LogP contribution in [0.2, 0.25) is 0 Å². The van der Waals surface area contributed by atoms with Crippen molar-refractivity contribution in [3.8, 4) is 0 Å². The van der Waals surface area contributed by atoms with Crippen molar-refractivity contribution in [3.63, 3.8) is 0 Å². The second-order valence-corrected chi connectivity index (χ2v) is 8.25. The van der Waals surface area contributed by atoms with E-state index in [1.807, 2.05) is 0 Å². The number of esters is 1.